The number of aryl methyl sites for hydroxylation is 3. The van der Waals surface area contributed by atoms with Crippen LogP contribution in [0.4, 0.5) is 0 Å². The zero-order valence-corrected chi connectivity index (χ0v) is 32.5. The van der Waals surface area contributed by atoms with Gasteiger partial charge < -0.3 is 4.42 Å². The highest BCUT2D eigenvalue weighted by Gasteiger charge is 2.52. The third-order valence-corrected chi connectivity index (χ3v) is 12.5. The van der Waals surface area contributed by atoms with E-state index in [1.165, 1.54) is 85.9 Å². The number of nitrogens with zero attached hydrogens (tertiary/aromatic N) is 2. The molecule has 7 aromatic rings. The molecule has 1 aliphatic rings. The van der Waals surface area contributed by atoms with E-state index in [9.17, 15) is 0 Å². The number of hydrogen-bond acceptors (Lipinski definition) is 1. The van der Waals surface area contributed by atoms with Gasteiger partial charge in [0.25, 0.3) is 0 Å². The Morgan fingerprint density at radius 3 is 2.26 bits per heavy atom. The van der Waals surface area contributed by atoms with Gasteiger partial charge in [-0.15, -0.1) is 0 Å². The van der Waals surface area contributed by atoms with Gasteiger partial charge in [-0.25, -0.2) is 0 Å². The molecule has 53 heavy (non-hydrogen) atoms. The molecule has 0 radical (unpaired) electrons. The minimum absolute atomic E-state index is 0.0612. The molecule has 3 aromatic heterocycles. The standard InChI is InChI=1S/C50H54N2O/c1-7-10-18-35(5)41-32-47-39-22-15-14-21-38(39)45(50(8-2,9-3)52(47)33-44(41)37-19-12-11-13-20-37)26-28-51-27-25-34(4)29-46(51)42-31-43-40-23-16-17-24-48(40)53-49(43)30-36(42)6/h11-17,19-25,27,29-33,35,45H,7-10,18,26,28H2,1-6H3/q+2. The van der Waals surface area contributed by atoms with Crippen LogP contribution in [-0.2, 0) is 12.1 Å². The summed E-state index contributed by atoms with van der Waals surface area (Å²) in [6.45, 7) is 14.9. The molecule has 1 aliphatic heterocycles. The van der Waals surface area contributed by atoms with Crippen LogP contribution in [0.2, 0.25) is 0 Å². The van der Waals surface area contributed by atoms with Crippen LogP contribution in [0.1, 0.15) is 100 Å². The van der Waals surface area contributed by atoms with Gasteiger partial charge in [-0.3, -0.25) is 0 Å². The van der Waals surface area contributed by atoms with Crippen molar-refractivity contribution in [1.82, 2.24) is 0 Å². The molecule has 268 valence electrons. The Kier molecular flexibility index (Phi) is 9.53. The van der Waals surface area contributed by atoms with Crippen molar-refractivity contribution < 1.29 is 13.6 Å². The number of rotatable bonds is 11. The summed E-state index contributed by atoms with van der Waals surface area (Å²) < 4.78 is 11.5. The van der Waals surface area contributed by atoms with Crippen LogP contribution in [0.25, 0.3) is 55.6 Å². The summed E-state index contributed by atoms with van der Waals surface area (Å²) in [4.78, 5) is 0. The molecule has 0 saturated heterocycles. The third kappa shape index (κ3) is 6.09. The van der Waals surface area contributed by atoms with Crippen LogP contribution in [0, 0.1) is 13.8 Å². The molecular formula is C50H54N2O+2. The van der Waals surface area contributed by atoms with Crippen LogP contribution >= 0.6 is 0 Å². The van der Waals surface area contributed by atoms with Gasteiger partial charge >= 0.3 is 0 Å². The predicted molar refractivity (Wildman–Crippen MR) is 220 cm³/mol. The fraction of sp³-hybridized carbons (Fsp3) is 0.320. The first-order valence-electron chi connectivity index (χ1n) is 20.0. The van der Waals surface area contributed by atoms with Crippen LogP contribution in [-0.4, -0.2) is 0 Å². The molecular weight excluding hydrogens is 645 g/mol. The molecule has 0 aliphatic carbocycles. The first-order chi connectivity index (χ1) is 25.9. The second-order valence-corrected chi connectivity index (χ2v) is 15.6. The fourth-order valence-electron chi connectivity index (χ4n) is 9.55. The van der Waals surface area contributed by atoms with Crippen LogP contribution < -0.4 is 9.13 Å². The van der Waals surface area contributed by atoms with Gasteiger partial charge in [-0.2, -0.15) is 9.13 Å². The van der Waals surface area contributed by atoms with Crippen molar-refractivity contribution in [2.45, 2.75) is 104 Å². The summed E-state index contributed by atoms with van der Waals surface area (Å²) in [6.07, 6.45) is 11.7. The van der Waals surface area contributed by atoms with Gasteiger partial charge in [0.15, 0.2) is 17.9 Å². The van der Waals surface area contributed by atoms with E-state index >= 15 is 0 Å². The normalized spacial score (nSPS) is 15.4. The van der Waals surface area contributed by atoms with Gasteiger partial charge in [0.05, 0.1) is 5.92 Å². The molecule has 0 N–H and O–H groups in total. The maximum Gasteiger partial charge on any atom is 0.213 e. The summed E-state index contributed by atoms with van der Waals surface area (Å²) in [7, 11) is 0. The number of unbranched alkanes of at least 4 members (excludes halogenated alkanes) is 1. The van der Waals surface area contributed by atoms with Gasteiger partial charge in [0, 0.05) is 64.9 Å². The molecule has 0 spiro atoms. The number of fused-ring (bicyclic) bond motifs is 6. The quantitative estimate of drug-likeness (QED) is 0.123. The summed E-state index contributed by atoms with van der Waals surface area (Å²) in [5.74, 6) is 0.832. The topological polar surface area (TPSA) is 20.9 Å². The van der Waals surface area contributed by atoms with Gasteiger partial charge in [0.1, 0.15) is 17.7 Å². The van der Waals surface area contributed by atoms with E-state index in [2.05, 4.69) is 172 Å². The highest BCUT2D eigenvalue weighted by atomic mass is 16.3. The fourth-order valence-corrected chi connectivity index (χ4v) is 9.55. The maximum atomic E-state index is 6.28. The number of aromatic nitrogens is 2. The van der Waals surface area contributed by atoms with Crippen molar-refractivity contribution in [2.75, 3.05) is 0 Å². The molecule has 0 fully saturated rings. The molecule has 0 saturated carbocycles. The Bertz CT molecular complexity index is 2420. The second-order valence-electron chi connectivity index (χ2n) is 15.6. The van der Waals surface area contributed by atoms with Gasteiger partial charge in [-0.05, 0) is 78.3 Å². The first kappa shape index (κ1) is 35.0. The number of benzene rings is 4. The van der Waals surface area contributed by atoms with Crippen LogP contribution in [0.15, 0.2) is 126 Å². The summed E-state index contributed by atoms with van der Waals surface area (Å²) in [6, 6.07) is 40.6. The second kappa shape index (κ2) is 14.4. The lowest BCUT2D eigenvalue weighted by atomic mass is 9.68. The zero-order valence-electron chi connectivity index (χ0n) is 32.5. The van der Waals surface area contributed by atoms with E-state index < -0.39 is 0 Å². The van der Waals surface area contributed by atoms with E-state index in [1.807, 2.05) is 0 Å². The highest BCUT2D eigenvalue weighted by Crippen LogP contribution is 2.48. The van der Waals surface area contributed by atoms with Gasteiger partial charge in [-0.1, -0.05) is 107 Å². The lowest BCUT2D eigenvalue weighted by molar-refractivity contribution is -0.764. The number of para-hydroxylation sites is 1. The Balaban J connectivity index is 1.24. The first-order valence-corrected chi connectivity index (χ1v) is 20.0. The van der Waals surface area contributed by atoms with Crippen molar-refractivity contribution in [1.29, 1.82) is 0 Å². The minimum atomic E-state index is -0.0612. The average molecular weight is 699 g/mol. The molecule has 2 atom stereocenters. The van der Waals surface area contributed by atoms with E-state index in [4.69, 9.17) is 4.42 Å². The SMILES string of the molecule is CCCCC(C)c1cc2[n+](cc1-c1ccccc1)C(CC)(CC)C(CC[n+]1ccc(C)cc1-c1cc3c(cc1C)oc1ccccc13)c1ccccc1-2. The van der Waals surface area contributed by atoms with E-state index in [0.29, 0.717) is 11.8 Å². The Morgan fingerprint density at radius 1 is 0.717 bits per heavy atom. The summed E-state index contributed by atoms with van der Waals surface area (Å²) in [5.41, 5.74) is 15.3. The molecule has 3 heteroatoms. The Hall–Kier alpha value is -5.02. The Labute approximate surface area is 316 Å². The number of furan rings is 1. The van der Waals surface area contributed by atoms with Crippen molar-refractivity contribution in [2.24, 2.45) is 0 Å². The molecule has 4 heterocycles. The average Bonchev–Trinajstić information content (AvgIpc) is 3.56. The highest BCUT2D eigenvalue weighted by molar-refractivity contribution is 6.06. The van der Waals surface area contributed by atoms with Crippen molar-refractivity contribution >= 4 is 21.9 Å². The van der Waals surface area contributed by atoms with Crippen molar-refractivity contribution in [3.63, 3.8) is 0 Å². The summed E-state index contributed by atoms with van der Waals surface area (Å²) >= 11 is 0. The van der Waals surface area contributed by atoms with Crippen molar-refractivity contribution in [3.8, 4) is 33.6 Å². The molecule has 4 aromatic carbocycles. The van der Waals surface area contributed by atoms with E-state index in [1.54, 1.807) is 0 Å². The van der Waals surface area contributed by atoms with Crippen molar-refractivity contribution in [3.05, 3.63) is 144 Å². The smallest absolute Gasteiger partial charge is 0.213 e. The minimum Gasteiger partial charge on any atom is -0.456 e. The van der Waals surface area contributed by atoms with Crippen LogP contribution in [0.5, 0.6) is 0 Å². The van der Waals surface area contributed by atoms with E-state index in [0.717, 1.165) is 37.0 Å². The molecule has 3 nitrogen and oxygen atoms in total. The molecule has 8 rings (SSSR count). The van der Waals surface area contributed by atoms with E-state index in [-0.39, 0.29) is 5.54 Å². The lowest BCUT2D eigenvalue weighted by Gasteiger charge is -2.40. The van der Waals surface area contributed by atoms with Crippen LogP contribution in [0.3, 0.4) is 0 Å². The molecule has 0 amide bonds. The Morgan fingerprint density at radius 2 is 1.47 bits per heavy atom. The molecule has 2 unspecified atom stereocenters. The van der Waals surface area contributed by atoms with Gasteiger partial charge in [0.2, 0.25) is 11.4 Å². The number of hydrogen-bond donors (Lipinski definition) is 0. The summed E-state index contributed by atoms with van der Waals surface area (Å²) in [5, 5.41) is 2.35. The zero-order chi connectivity index (χ0) is 36.7. The third-order valence-electron chi connectivity index (χ3n) is 12.5. The monoisotopic (exact) mass is 698 g/mol. The largest absolute Gasteiger partial charge is 0.456 e. The number of pyridine rings is 2. The lowest BCUT2D eigenvalue weighted by Crippen LogP contribution is -2.62. The maximum absolute atomic E-state index is 6.28. The predicted octanol–water partition coefficient (Wildman–Crippen LogP) is 12.8. The molecule has 0 bridgehead atoms.